The number of halogens is 1. The van der Waals surface area contributed by atoms with Crippen LogP contribution in [0.1, 0.15) is 24.0 Å². The summed E-state index contributed by atoms with van der Waals surface area (Å²) < 4.78 is 0. The van der Waals surface area contributed by atoms with Crippen LogP contribution in [0.2, 0.25) is 5.02 Å². The Kier molecular flexibility index (Phi) is 3.96. The van der Waals surface area contributed by atoms with E-state index < -0.39 is 17.4 Å². The number of nitrogens with one attached hydrogen (secondary N) is 1. The number of benzene rings is 3. The summed E-state index contributed by atoms with van der Waals surface area (Å²) in [5, 5.41) is 5.60. The van der Waals surface area contributed by atoms with Crippen molar-refractivity contribution in [2.75, 3.05) is 16.8 Å². The van der Waals surface area contributed by atoms with Crippen molar-refractivity contribution in [1.82, 2.24) is 4.90 Å². The van der Waals surface area contributed by atoms with Gasteiger partial charge in [0.2, 0.25) is 17.7 Å². The smallest absolute Gasteiger partial charge is 0.250 e. The molecule has 0 saturated carbocycles. The first kappa shape index (κ1) is 20.2. The predicted molar refractivity (Wildman–Crippen MR) is 130 cm³/mol. The molecule has 0 bridgehead atoms. The van der Waals surface area contributed by atoms with Crippen molar-refractivity contribution in [2.24, 2.45) is 11.8 Å². The van der Waals surface area contributed by atoms with Gasteiger partial charge in [-0.05, 0) is 60.8 Å². The van der Waals surface area contributed by atoms with Gasteiger partial charge in [-0.15, -0.1) is 0 Å². The van der Waals surface area contributed by atoms with E-state index in [9.17, 15) is 14.4 Å². The summed E-state index contributed by atoms with van der Waals surface area (Å²) in [6, 6.07) is 17.0. The van der Waals surface area contributed by atoms with Gasteiger partial charge in [0.1, 0.15) is 5.54 Å². The molecule has 0 aliphatic carbocycles. The Balaban J connectivity index is 1.42. The molecule has 4 heterocycles. The maximum Gasteiger partial charge on any atom is 0.250 e. The highest BCUT2D eigenvalue weighted by atomic mass is 35.5. The number of amides is 3. The lowest BCUT2D eigenvalue weighted by atomic mass is 9.75. The number of hydrogen-bond acceptors (Lipinski definition) is 4. The third-order valence-electron chi connectivity index (χ3n) is 8.35. The van der Waals surface area contributed by atoms with E-state index in [-0.39, 0.29) is 23.8 Å². The lowest BCUT2D eigenvalue weighted by Crippen LogP contribution is -2.54. The van der Waals surface area contributed by atoms with E-state index in [1.807, 2.05) is 55.5 Å². The van der Waals surface area contributed by atoms with Crippen LogP contribution in [0.15, 0.2) is 54.6 Å². The molecule has 6 nitrogen and oxygen atoms in total. The molecular weight excluding hydrogens is 450 g/mol. The van der Waals surface area contributed by atoms with E-state index in [4.69, 9.17) is 11.6 Å². The zero-order valence-electron chi connectivity index (χ0n) is 18.5. The molecule has 7 heteroatoms. The van der Waals surface area contributed by atoms with Gasteiger partial charge in [0.05, 0.1) is 23.2 Å². The van der Waals surface area contributed by atoms with Gasteiger partial charge in [-0.1, -0.05) is 48.0 Å². The Labute approximate surface area is 201 Å². The highest BCUT2D eigenvalue weighted by Gasteiger charge is 2.74. The average Bonchev–Trinajstić information content (AvgIpc) is 3.55. The summed E-state index contributed by atoms with van der Waals surface area (Å²) in [6.07, 6.45) is 1.69. The van der Waals surface area contributed by atoms with E-state index in [2.05, 4.69) is 10.2 Å². The van der Waals surface area contributed by atoms with Gasteiger partial charge in [-0.3, -0.25) is 19.3 Å². The zero-order valence-corrected chi connectivity index (χ0v) is 19.3. The molecule has 4 aliphatic heterocycles. The number of carbonyl (C=O) groups is 3. The second-order valence-electron chi connectivity index (χ2n) is 9.77. The van der Waals surface area contributed by atoms with E-state index in [1.165, 1.54) is 4.90 Å². The maximum absolute atomic E-state index is 14.1. The second-order valence-corrected chi connectivity index (χ2v) is 10.2. The minimum Gasteiger partial charge on any atom is -0.324 e. The molecule has 4 atom stereocenters. The molecule has 3 fully saturated rings. The Morgan fingerprint density at radius 2 is 1.79 bits per heavy atom. The van der Waals surface area contributed by atoms with Crippen molar-refractivity contribution in [1.29, 1.82) is 0 Å². The number of anilines is 2. The molecule has 4 aliphatic rings. The second kappa shape index (κ2) is 6.68. The molecule has 1 spiro atoms. The third-order valence-corrected chi connectivity index (χ3v) is 8.76. The predicted octanol–water partition coefficient (Wildman–Crippen LogP) is 4.23. The van der Waals surface area contributed by atoms with Gasteiger partial charge in [-0.25, -0.2) is 4.90 Å². The highest BCUT2D eigenvalue weighted by molar-refractivity contribution is 6.32. The summed E-state index contributed by atoms with van der Waals surface area (Å²) in [5.74, 6) is -2.04. The number of rotatable bonds is 1. The Morgan fingerprint density at radius 3 is 2.62 bits per heavy atom. The number of fused-ring (bicyclic) bond motifs is 8. The standard InChI is InChI=1S/C27H22ClN3O3/c1-14-19(28)11-10-18-23(14)29-26(34)27(18)22-21(20-7-4-12-30(20)27)24(32)31(25(22)33)17-9-8-15-5-2-3-6-16(15)13-17/h2-3,5-6,8-11,13,20-22H,4,7,12H2,1H3,(H,29,34)/t20-,21-,22+,27-/m1/s1. The molecular formula is C27H22ClN3O3. The summed E-state index contributed by atoms with van der Waals surface area (Å²) in [5.41, 5.74) is 1.60. The van der Waals surface area contributed by atoms with Gasteiger partial charge in [0, 0.05) is 16.6 Å². The van der Waals surface area contributed by atoms with Gasteiger partial charge in [0.25, 0.3) is 0 Å². The largest absolute Gasteiger partial charge is 0.324 e. The summed E-state index contributed by atoms with van der Waals surface area (Å²) in [7, 11) is 0. The molecule has 7 rings (SSSR count). The van der Waals surface area contributed by atoms with Crippen LogP contribution in [0.4, 0.5) is 11.4 Å². The fraction of sp³-hybridized carbons (Fsp3) is 0.296. The van der Waals surface area contributed by atoms with E-state index in [1.54, 1.807) is 6.07 Å². The number of imide groups is 1. The first-order valence-electron chi connectivity index (χ1n) is 11.7. The van der Waals surface area contributed by atoms with Crippen LogP contribution in [-0.2, 0) is 19.9 Å². The van der Waals surface area contributed by atoms with Crippen molar-refractivity contribution in [2.45, 2.75) is 31.3 Å². The van der Waals surface area contributed by atoms with Crippen LogP contribution < -0.4 is 10.2 Å². The highest BCUT2D eigenvalue weighted by Crippen LogP contribution is 2.61. The fourth-order valence-electron chi connectivity index (χ4n) is 6.96. The van der Waals surface area contributed by atoms with Gasteiger partial charge >= 0.3 is 0 Å². The van der Waals surface area contributed by atoms with E-state index in [0.29, 0.717) is 22.9 Å². The van der Waals surface area contributed by atoms with Crippen molar-refractivity contribution in [3.8, 4) is 0 Å². The van der Waals surface area contributed by atoms with Crippen LogP contribution in [0.25, 0.3) is 10.8 Å². The third kappa shape index (κ3) is 2.23. The van der Waals surface area contributed by atoms with Crippen LogP contribution in [0.3, 0.4) is 0 Å². The number of hydrogen-bond donors (Lipinski definition) is 1. The normalized spacial score (nSPS) is 29.8. The quantitative estimate of drug-likeness (QED) is 0.539. The molecule has 3 amide bonds. The molecule has 0 unspecified atom stereocenters. The van der Waals surface area contributed by atoms with Crippen molar-refractivity contribution >= 4 is 51.5 Å². The Morgan fingerprint density at radius 1 is 1.00 bits per heavy atom. The van der Waals surface area contributed by atoms with Crippen molar-refractivity contribution < 1.29 is 14.4 Å². The first-order chi connectivity index (χ1) is 16.4. The SMILES string of the molecule is Cc1c(Cl)ccc2c1NC(=O)[C@]21[C@@H]2C(=O)N(c3ccc4ccccc4c3)C(=O)[C@@H]2[C@H]2CCCN21. The lowest BCUT2D eigenvalue weighted by molar-refractivity contribution is -0.135. The number of carbonyl (C=O) groups excluding carboxylic acids is 3. The van der Waals surface area contributed by atoms with Crippen LogP contribution in [-0.4, -0.2) is 35.2 Å². The monoisotopic (exact) mass is 471 g/mol. The molecule has 1 N–H and O–H groups in total. The molecule has 0 radical (unpaired) electrons. The topological polar surface area (TPSA) is 69.7 Å². The minimum atomic E-state index is -1.19. The summed E-state index contributed by atoms with van der Waals surface area (Å²) in [6.45, 7) is 2.56. The average molecular weight is 472 g/mol. The summed E-state index contributed by atoms with van der Waals surface area (Å²) in [4.78, 5) is 45.2. The van der Waals surface area contributed by atoms with Crippen molar-refractivity contribution in [3.63, 3.8) is 0 Å². The van der Waals surface area contributed by atoms with Crippen LogP contribution >= 0.6 is 11.6 Å². The molecule has 3 aromatic carbocycles. The molecule has 0 aromatic heterocycles. The van der Waals surface area contributed by atoms with Gasteiger partial charge in [-0.2, -0.15) is 0 Å². The van der Waals surface area contributed by atoms with Gasteiger partial charge < -0.3 is 5.32 Å². The van der Waals surface area contributed by atoms with E-state index >= 15 is 0 Å². The lowest BCUT2D eigenvalue weighted by Gasteiger charge is -2.36. The Hall–Kier alpha value is -3.22. The molecule has 170 valence electrons. The minimum absolute atomic E-state index is 0.139. The van der Waals surface area contributed by atoms with E-state index in [0.717, 1.165) is 34.7 Å². The number of nitrogens with zero attached hydrogens (tertiary/aromatic N) is 2. The first-order valence-corrected chi connectivity index (χ1v) is 12.1. The maximum atomic E-state index is 14.1. The van der Waals surface area contributed by atoms with Crippen LogP contribution in [0, 0.1) is 18.8 Å². The fourth-order valence-corrected chi connectivity index (χ4v) is 7.12. The van der Waals surface area contributed by atoms with Gasteiger partial charge in [0.15, 0.2) is 0 Å². The Bertz CT molecular complexity index is 1450. The summed E-state index contributed by atoms with van der Waals surface area (Å²) >= 11 is 6.37. The van der Waals surface area contributed by atoms with Crippen molar-refractivity contribution in [3.05, 3.63) is 70.7 Å². The molecule has 3 aromatic rings. The molecule has 34 heavy (non-hydrogen) atoms. The van der Waals surface area contributed by atoms with Crippen LogP contribution in [0.5, 0.6) is 0 Å². The zero-order chi connectivity index (χ0) is 23.4. The molecule has 3 saturated heterocycles.